The molecule has 0 radical (unpaired) electrons. The lowest BCUT2D eigenvalue weighted by molar-refractivity contribution is -0.129. The number of aryl methyl sites for hydroxylation is 1. The zero-order valence-electron chi connectivity index (χ0n) is 17.3. The number of carbonyl (C=O) groups is 1. The van der Waals surface area contributed by atoms with Gasteiger partial charge in [0.2, 0.25) is 11.8 Å². The average molecular weight is 399 g/mol. The molecule has 0 unspecified atom stereocenters. The van der Waals surface area contributed by atoms with Crippen molar-refractivity contribution in [1.29, 1.82) is 0 Å². The number of ether oxygens (including phenoxy) is 1. The number of fused-ring (bicyclic) bond motifs is 1. The Morgan fingerprint density at radius 1 is 1.31 bits per heavy atom. The maximum absolute atomic E-state index is 12.6. The molecule has 2 heterocycles. The molecule has 0 atom stereocenters. The second kappa shape index (κ2) is 8.46. The van der Waals surface area contributed by atoms with Crippen LogP contribution in [-0.2, 0) is 17.6 Å². The molecule has 0 aliphatic rings. The Morgan fingerprint density at radius 2 is 2.07 bits per heavy atom. The number of aromatic nitrogens is 2. The van der Waals surface area contributed by atoms with Crippen LogP contribution in [0.1, 0.15) is 42.6 Å². The van der Waals surface area contributed by atoms with E-state index in [0.29, 0.717) is 41.6 Å². The van der Waals surface area contributed by atoms with E-state index in [1.165, 1.54) is 0 Å². The van der Waals surface area contributed by atoms with Gasteiger partial charge in [-0.1, -0.05) is 19.0 Å². The standard InChI is InChI=1S/C21H25N3O5/c1-12(2)20-22-18(23-29-20)8-9-24(4)19(25)11-16-13(3)15-7-6-14(27-5)10-17(15)28-21(16)26/h6-7,10,12H,8-9,11H2,1-5H3. The zero-order valence-corrected chi connectivity index (χ0v) is 17.3. The first-order valence-corrected chi connectivity index (χ1v) is 9.47. The summed E-state index contributed by atoms with van der Waals surface area (Å²) in [5.41, 5.74) is 1.03. The molecule has 0 aliphatic heterocycles. The van der Waals surface area contributed by atoms with Crippen molar-refractivity contribution in [3.8, 4) is 5.75 Å². The summed E-state index contributed by atoms with van der Waals surface area (Å²) in [5, 5.41) is 4.71. The summed E-state index contributed by atoms with van der Waals surface area (Å²) in [6.45, 7) is 6.19. The van der Waals surface area contributed by atoms with Crippen LogP contribution in [0.2, 0.25) is 0 Å². The number of nitrogens with zero attached hydrogens (tertiary/aromatic N) is 3. The molecule has 1 aromatic carbocycles. The van der Waals surface area contributed by atoms with Crippen LogP contribution in [0.3, 0.4) is 0 Å². The smallest absolute Gasteiger partial charge is 0.340 e. The van der Waals surface area contributed by atoms with E-state index in [0.717, 1.165) is 10.9 Å². The lowest BCUT2D eigenvalue weighted by atomic mass is 10.0. The molecule has 3 rings (SSSR count). The molecule has 0 aliphatic carbocycles. The molecule has 154 valence electrons. The van der Waals surface area contributed by atoms with Crippen LogP contribution < -0.4 is 10.4 Å². The maximum Gasteiger partial charge on any atom is 0.340 e. The first kappa shape index (κ1) is 20.6. The number of hydrogen-bond donors (Lipinski definition) is 0. The number of rotatable bonds is 7. The summed E-state index contributed by atoms with van der Waals surface area (Å²) in [7, 11) is 3.24. The van der Waals surface area contributed by atoms with Gasteiger partial charge in [-0.2, -0.15) is 4.98 Å². The highest BCUT2D eigenvalue weighted by Gasteiger charge is 2.18. The minimum atomic E-state index is -0.509. The van der Waals surface area contributed by atoms with E-state index in [1.807, 2.05) is 26.8 Å². The molecule has 0 saturated heterocycles. The lowest BCUT2D eigenvalue weighted by Gasteiger charge is -2.17. The molecular formula is C21H25N3O5. The van der Waals surface area contributed by atoms with Crippen molar-refractivity contribution in [3.63, 3.8) is 0 Å². The van der Waals surface area contributed by atoms with Crippen molar-refractivity contribution < 1.29 is 18.5 Å². The van der Waals surface area contributed by atoms with Crippen LogP contribution in [0.4, 0.5) is 0 Å². The Morgan fingerprint density at radius 3 is 2.72 bits per heavy atom. The summed E-state index contributed by atoms with van der Waals surface area (Å²) >= 11 is 0. The van der Waals surface area contributed by atoms with Crippen molar-refractivity contribution in [2.75, 3.05) is 20.7 Å². The third kappa shape index (κ3) is 4.47. The predicted octanol–water partition coefficient (Wildman–Crippen LogP) is 2.86. The van der Waals surface area contributed by atoms with Gasteiger partial charge in [0.1, 0.15) is 11.3 Å². The highest BCUT2D eigenvalue weighted by molar-refractivity contribution is 5.85. The van der Waals surface area contributed by atoms with Crippen LogP contribution in [-0.4, -0.2) is 41.6 Å². The fourth-order valence-corrected chi connectivity index (χ4v) is 2.99. The van der Waals surface area contributed by atoms with Crippen LogP contribution >= 0.6 is 0 Å². The number of methoxy groups -OCH3 is 1. The van der Waals surface area contributed by atoms with Gasteiger partial charge in [0, 0.05) is 37.4 Å². The Labute approximate surface area is 168 Å². The first-order valence-electron chi connectivity index (χ1n) is 9.47. The minimum Gasteiger partial charge on any atom is -0.497 e. The van der Waals surface area contributed by atoms with Crippen LogP contribution in [0.15, 0.2) is 31.9 Å². The van der Waals surface area contributed by atoms with Crippen molar-refractivity contribution in [2.45, 2.75) is 39.5 Å². The van der Waals surface area contributed by atoms with E-state index in [2.05, 4.69) is 10.1 Å². The molecule has 0 saturated carbocycles. The molecule has 8 heteroatoms. The molecule has 3 aromatic rings. The quantitative estimate of drug-likeness (QED) is 0.563. The zero-order chi connectivity index (χ0) is 21.1. The molecule has 8 nitrogen and oxygen atoms in total. The second-order valence-corrected chi connectivity index (χ2v) is 7.30. The Balaban J connectivity index is 1.72. The number of benzene rings is 1. The summed E-state index contributed by atoms with van der Waals surface area (Å²) < 4.78 is 15.8. The Hall–Kier alpha value is -3.16. The highest BCUT2D eigenvalue weighted by Crippen LogP contribution is 2.24. The minimum absolute atomic E-state index is 0.0316. The number of likely N-dealkylation sites (N-methyl/N-ethyl adjacent to an activating group) is 1. The van der Waals surface area contributed by atoms with Crippen LogP contribution in [0, 0.1) is 6.92 Å². The lowest BCUT2D eigenvalue weighted by Crippen LogP contribution is -2.32. The van der Waals surface area contributed by atoms with E-state index < -0.39 is 5.63 Å². The predicted molar refractivity (Wildman–Crippen MR) is 107 cm³/mol. The fraction of sp³-hybridized carbons (Fsp3) is 0.429. The van der Waals surface area contributed by atoms with Crippen molar-refractivity contribution in [2.24, 2.45) is 0 Å². The van der Waals surface area contributed by atoms with Crippen LogP contribution in [0.5, 0.6) is 5.75 Å². The number of hydrogen-bond acceptors (Lipinski definition) is 7. The number of amides is 1. The van der Waals surface area contributed by atoms with Gasteiger partial charge in [-0.3, -0.25) is 4.79 Å². The highest BCUT2D eigenvalue weighted by atomic mass is 16.5. The molecule has 0 spiro atoms. The van der Waals surface area contributed by atoms with E-state index in [4.69, 9.17) is 13.7 Å². The van der Waals surface area contributed by atoms with Crippen LogP contribution in [0.25, 0.3) is 11.0 Å². The topological polar surface area (TPSA) is 98.7 Å². The third-order valence-corrected chi connectivity index (χ3v) is 4.90. The maximum atomic E-state index is 12.6. The first-order chi connectivity index (χ1) is 13.8. The molecular weight excluding hydrogens is 374 g/mol. The Bertz CT molecular complexity index is 1080. The molecule has 29 heavy (non-hydrogen) atoms. The van der Waals surface area contributed by atoms with Gasteiger partial charge in [0.25, 0.3) is 0 Å². The van der Waals surface area contributed by atoms with Gasteiger partial charge in [0.15, 0.2) is 5.82 Å². The molecule has 2 aromatic heterocycles. The normalized spacial score (nSPS) is 11.2. The van der Waals surface area contributed by atoms with Gasteiger partial charge in [-0.05, 0) is 24.6 Å². The molecule has 0 bridgehead atoms. The largest absolute Gasteiger partial charge is 0.497 e. The Kier molecular flexibility index (Phi) is 6.00. The van der Waals surface area contributed by atoms with Crippen molar-refractivity contribution in [1.82, 2.24) is 15.0 Å². The van der Waals surface area contributed by atoms with Gasteiger partial charge < -0.3 is 18.6 Å². The van der Waals surface area contributed by atoms with Crippen molar-refractivity contribution in [3.05, 3.63) is 51.5 Å². The molecule has 0 fully saturated rings. The van der Waals surface area contributed by atoms with Gasteiger partial charge in [-0.25, -0.2) is 4.79 Å². The molecule has 1 amide bonds. The summed E-state index contributed by atoms with van der Waals surface area (Å²) in [5.74, 6) is 1.72. The second-order valence-electron chi connectivity index (χ2n) is 7.30. The number of carbonyl (C=O) groups excluding carboxylic acids is 1. The average Bonchev–Trinajstić information content (AvgIpc) is 3.18. The monoisotopic (exact) mass is 399 g/mol. The van der Waals surface area contributed by atoms with E-state index in [1.54, 1.807) is 31.2 Å². The summed E-state index contributed by atoms with van der Waals surface area (Å²) in [4.78, 5) is 31.0. The summed E-state index contributed by atoms with van der Waals surface area (Å²) in [6.07, 6.45) is 0.444. The van der Waals surface area contributed by atoms with Gasteiger partial charge in [-0.15, -0.1) is 0 Å². The molecule has 0 N–H and O–H groups in total. The van der Waals surface area contributed by atoms with E-state index >= 15 is 0 Å². The van der Waals surface area contributed by atoms with Gasteiger partial charge in [0.05, 0.1) is 19.1 Å². The SMILES string of the molecule is COc1ccc2c(C)c(CC(=O)N(C)CCc3noc(C(C)C)n3)c(=O)oc2c1. The fourth-order valence-electron chi connectivity index (χ4n) is 2.99. The van der Waals surface area contributed by atoms with Crippen molar-refractivity contribution >= 4 is 16.9 Å². The van der Waals surface area contributed by atoms with E-state index in [9.17, 15) is 9.59 Å². The summed E-state index contributed by atoms with van der Waals surface area (Å²) in [6, 6.07) is 5.29. The van der Waals surface area contributed by atoms with Gasteiger partial charge >= 0.3 is 5.63 Å². The third-order valence-electron chi connectivity index (χ3n) is 4.90. The van der Waals surface area contributed by atoms with E-state index in [-0.39, 0.29) is 18.2 Å².